The average Bonchev–Trinajstić information content (AvgIpc) is 3.06. The van der Waals surface area contributed by atoms with E-state index in [1.165, 1.54) is 47.2 Å². The van der Waals surface area contributed by atoms with Crippen molar-refractivity contribution >= 4 is 5.57 Å². The van der Waals surface area contributed by atoms with Gasteiger partial charge in [-0.15, -0.1) is 0 Å². The molecule has 2 aromatic carbocycles. The van der Waals surface area contributed by atoms with Crippen LogP contribution in [0.2, 0.25) is 0 Å². The molecule has 0 amide bonds. The summed E-state index contributed by atoms with van der Waals surface area (Å²) in [5, 5.41) is 0. The molecule has 0 saturated carbocycles. The van der Waals surface area contributed by atoms with Crippen molar-refractivity contribution < 1.29 is 4.39 Å². The van der Waals surface area contributed by atoms with E-state index in [-0.39, 0.29) is 5.82 Å². The fourth-order valence-corrected chi connectivity index (χ4v) is 4.86. The van der Waals surface area contributed by atoms with Crippen molar-refractivity contribution in [1.82, 2.24) is 9.88 Å². The molecule has 1 aliphatic heterocycles. The van der Waals surface area contributed by atoms with Gasteiger partial charge >= 0.3 is 0 Å². The summed E-state index contributed by atoms with van der Waals surface area (Å²) in [5.41, 5.74) is 8.79. The Morgan fingerprint density at radius 2 is 1.68 bits per heavy atom. The highest BCUT2D eigenvalue weighted by atomic mass is 19.1. The molecule has 2 aliphatic rings. The molecule has 3 aromatic rings. The van der Waals surface area contributed by atoms with E-state index in [9.17, 15) is 4.39 Å². The topological polar surface area (TPSA) is 16.1 Å². The monoisotopic (exact) mass is 412 g/mol. The molecule has 0 fully saturated rings. The first-order chi connectivity index (χ1) is 15.3. The van der Waals surface area contributed by atoms with E-state index in [4.69, 9.17) is 4.98 Å². The van der Waals surface area contributed by atoms with Gasteiger partial charge in [0, 0.05) is 25.3 Å². The Bertz CT molecular complexity index is 1070. The molecule has 1 aromatic heterocycles. The fraction of sp³-hybridized carbons (Fsp3) is 0.321. The molecular weight excluding hydrogens is 383 g/mol. The molecule has 0 unspecified atom stereocenters. The number of benzene rings is 2. The Morgan fingerprint density at radius 3 is 2.45 bits per heavy atom. The van der Waals surface area contributed by atoms with Crippen LogP contribution in [-0.4, -0.2) is 23.0 Å². The molecule has 0 atom stereocenters. The molecule has 2 heterocycles. The van der Waals surface area contributed by atoms with Crippen LogP contribution < -0.4 is 0 Å². The summed E-state index contributed by atoms with van der Waals surface area (Å²) in [6.07, 6.45) is 9.15. The zero-order valence-corrected chi connectivity index (χ0v) is 18.0. The molecule has 31 heavy (non-hydrogen) atoms. The Labute approximate surface area is 184 Å². The lowest BCUT2D eigenvalue weighted by Gasteiger charge is -2.27. The third-order valence-corrected chi connectivity index (χ3v) is 6.58. The molecule has 1 aliphatic carbocycles. The van der Waals surface area contributed by atoms with Gasteiger partial charge in [-0.1, -0.05) is 55.0 Å². The molecule has 158 valence electrons. The summed E-state index contributed by atoms with van der Waals surface area (Å²) in [6.45, 7) is 2.99. The summed E-state index contributed by atoms with van der Waals surface area (Å²) < 4.78 is 13.5. The minimum Gasteiger partial charge on any atom is -0.295 e. The van der Waals surface area contributed by atoms with Crippen molar-refractivity contribution in [2.75, 3.05) is 13.1 Å². The highest BCUT2D eigenvalue weighted by Crippen LogP contribution is 2.34. The standard InChI is InChI=1S/C28H29FN2/c29-24-13-11-22(12-14-24)26-19-28(30-27-10-6-2-5-9-25(26)27)23-15-17-31(18-16-23)20-21-7-3-1-4-8-21/h1,3-4,7-8,11-15,19H,2,5-6,9-10,16-18,20H2. The van der Waals surface area contributed by atoms with Crippen molar-refractivity contribution in [3.05, 3.63) is 95.1 Å². The van der Waals surface area contributed by atoms with Gasteiger partial charge in [0.25, 0.3) is 0 Å². The number of hydrogen-bond donors (Lipinski definition) is 0. The smallest absolute Gasteiger partial charge is 0.123 e. The van der Waals surface area contributed by atoms with E-state index in [0.29, 0.717) is 0 Å². The summed E-state index contributed by atoms with van der Waals surface area (Å²) in [5.74, 6) is -0.183. The number of rotatable bonds is 4. The minimum atomic E-state index is -0.183. The van der Waals surface area contributed by atoms with Crippen LogP contribution in [0.15, 0.2) is 66.7 Å². The highest BCUT2D eigenvalue weighted by Gasteiger charge is 2.20. The van der Waals surface area contributed by atoms with Crippen LogP contribution in [0, 0.1) is 5.82 Å². The summed E-state index contributed by atoms with van der Waals surface area (Å²) >= 11 is 0. The van der Waals surface area contributed by atoms with Gasteiger partial charge in [0.2, 0.25) is 0 Å². The van der Waals surface area contributed by atoms with Crippen LogP contribution in [0.4, 0.5) is 4.39 Å². The number of hydrogen-bond acceptors (Lipinski definition) is 2. The van der Waals surface area contributed by atoms with Gasteiger partial charge in [0.15, 0.2) is 0 Å². The predicted octanol–water partition coefficient (Wildman–Crippen LogP) is 6.45. The number of aromatic nitrogens is 1. The Morgan fingerprint density at radius 1 is 0.871 bits per heavy atom. The number of pyridine rings is 1. The Kier molecular flexibility index (Phi) is 5.95. The molecule has 3 heteroatoms. The maximum atomic E-state index is 13.5. The SMILES string of the molecule is Fc1ccc(-c2cc(C3=CCN(Cc4ccccc4)CC3)nc3c2CCCCC3)cc1. The highest BCUT2D eigenvalue weighted by molar-refractivity contribution is 5.74. The molecule has 2 nitrogen and oxygen atoms in total. The van der Waals surface area contributed by atoms with Gasteiger partial charge in [0.05, 0.1) is 5.69 Å². The summed E-state index contributed by atoms with van der Waals surface area (Å²) in [7, 11) is 0. The molecule has 0 bridgehead atoms. The second kappa shape index (κ2) is 9.15. The van der Waals surface area contributed by atoms with Crippen LogP contribution in [0.5, 0.6) is 0 Å². The first-order valence-corrected chi connectivity index (χ1v) is 11.5. The van der Waals surface area contributed by atoms with Crippen LogP contribution in [0.3, 0.4) is 0 Å². The largest absolute Gasteiger partial charge is 0.295 e. The first kappa shape index (κ1) is 20.1. The zero-order chi connectivity index (χ0) is 21.0. The predicted molar refractivity (Wildman–Crippen MR) is 125 cm³/mol. The van der Waals surface area contributed by atoms with Crippen molar-refractivity contribution in [2.45, 2.75) is 45.1 Å². The van der Waals surface area contributed by atoms with Crippen LogP contribution in [-0.2, 0) is 19.4 Å². The number of fused-ring (bicyclic) bond motifs is 1. The molecule has 0 spiro atoms. The molecular formula is C28H29FN2. The van der Waals surface area contributed by atoms with Crippen LogP contribution in [0.1, 0.15) is 48.2 Å². The Balaban J connectivity index is 1.44. The van der Waals surface area contributed by atoms with Crippen LogP contribution in [0.25, 0.3) is 16.7 Å². The van der Waals surface area contributed by atoms with Gasteiger partial charge < -0.3 is 0 Å². The van der Waals surface area contributed by atoms with E-state index in [1.54, 1.807) is 12.1 Å². The quantitative estimate of drug-likeness (QED) is 0.458. The van der Waals surface area contributed by atoms with E-state index >= 15 is 0 Å². The van der Waals surface area contributed by atoms with Crippen molar-refractivity contribution in [3.8, 4) is 11.1 Å². The molecule has 0 radical (unpaired) electrons. The second-order valence-corrected chi connectivity index (χ2v) is 8.75. The average molecular weight is 413 g/mol. The van der Waals surface area contributed by atoms with E-state index < -0.39 is 0 Å². The van der Waals surface area contributed by atoms with Gasteiger partial charge in [-0.05, 0) is 78.1 Å². The lowest BCUT2D eigenvalue weighted by molar-refractivity contribution is 0.294. The van der Waals surface area contributed by atoms with Crippen molar-refractivity contribution in [2.24, 2.45) is 0 Å². The van der Waals surface area contributed by atoms with Crippen molar-refractivity contribution in [1.29, 1.82) is 0 Å². The minimum absolute atomic E-state index is 0.183. The summed E-state index contributed by atoms with van der Waals surface area (Å²) in [4.78, 5) is 7.64. The Hall–Kier alpha value is -2.78. The maximum Gasteiger partial charge on any atom is 0.123 e. The van der Waals surface area contributed by atoms with Gasteiger partial charge in [-0.3, -0.25) is 9.88 Å². The normalized spacial score (nSPS) is 17.0. The molecule has 0 N–H and O–H groups in total. The molecule has 0 saturated heterocycles. The molecule has 5 rings (SSSR count). The summed E-state index contributed by atoms with van der Waals surface area (Å²) in [6, 6.07) is 19.9. The van der Waals surface area contributed by atoms with Gasteiger partial charge in [-0.2, -0.15) is 0 Å². The number of nitrogens with zero attached hydrogens (tertiary/aromatic N) is 2. The van der Waals surface area contributed by atoms with E-state index in [0.717, 1.165) is 50.2 Å². The van der Waals surface area contributed by atoms with E-state index in [1.807, 2.05) is 12.1 Å². The van der Waals surface area contributed by atoms with Gasteiger partial charge in [-0.25, -0.2) is 4.39 Å². The fourth-order valence-electron chi connectivity index (χ4n) is 4.86. The van der Waals surface area contributed by atoms with E-state index in [2.05, 4.69) is 47.4 Å². The van der Waals surface area contributed by atoms with Crippen molar-refractivity contribution in [3.63, 3.8) is 0 Å². The third-order valence-electron chi connectivity index (χ3n) is 6.58. The lowest BCUT2D eigenvalue weighted by Crippen LogP contribution is -2.28. The first-order valence-electron chi connectivity index (χ1n) is 11.5. The van der Waals surface area contributed by atoms with Crippen LogP contribution >= 0.6 is 0 Å². The third kappa shape index (κ3) is 4.62. The zero-order valence-electron chi connectivity index (χ0n) is 18.0. The number of halogens is 1. The second-order valence-electron chi connectivity index (χ2n) is 8.75. The lowest BCUT2D eigenvalue weighted by atomic mass is 9.92. The number of aryl methyl sites for hydroxylation is 1. The van der Waals surface area contributed by atoms with Gasteiger partial charge in [0.1, 0.15) is 5.82 Å². The maximum absolute atomic E-state index is 13.5.